The van der Waals surface area contributed by atoms with Gasteiger partial charge in [0.25, 0.3) is 0 Å². The first kappa shape index (κ1) is 18.1. The Bertz CT molecular complexity index is 280. The second-order valence-corrected chi connectivity index (χ2v) is 4.92. The number of hydrogen-bond acceptors (Lipinski definition) is 2. The summed E-state index contributed by atoms with van der Waals surface area (Å²) in [6, 6.07) is 0. The molecule has 1 aliphatic rings. The van der Waals surface area contributed by atoms with E-state index in [4.69, 9.17) is 5.11 Å². The Balaban J connectivity index is 0.000000711. The predicted molar refractivity (Wildman–Crippen MR) is 83.1 cm³/mol. The van der Waals surface area contributed by atoms with Gasteiger partial charge in [-0.2, -0.15) is 0 Å². The fraction of sp³-hybridized carbons (Fsp3) is 0.647. The van der Waals surface area contributed by atoms with Crippen molar-refractivity contribution in [1.82, 2.24) is 0 Å². The maximum Gasteiger partial charge on any atom is 0.0540 e. The highest BCUT2D eigenvalue weighted by Gasteiger charge is 2.20. The molecule has 19 heavy (non-hydrogen) atoms. The summed E-state index contributed by atoms with van der Waals surface area (Å²) in [6.07, 6.45) is 15.6. The number of rotatable bonds is 4. The van der Waals surface area contributed by atoms with Crippen LogP contribution in [0.3, 0.4) is 0 Å². The van der Waals surface area contributed by atoms with E-state index in [2.05, 4.69) is 37.3 Å². The molecule has 0 spiro atoms. The molecule has 0 aromatic heterocycles. The summed E-state index contributed by atoms with van der Waals surface area (Å²) >= 11 is 0. The van der Waals surface area contributed by atoms with Crippen LogP contribution in [0.2, 0.25) is 0 Å². The molecule has 110 valence electrons. The lowest BCUT2D eigenvalue weighted by molar-refractivity contribution is 0.116. The minimum absolute atomic E-state index is 0.0603. The van der Waals surface area contributed by atoms with E-state index in [0.717, 1.165) is 32.1 Å². The van der Waals surface area contributed by atoms with Gasteiger partial charge in [-0.1, -0.05) is 37.3 Å². The molecule has 2 heteroatoms. The first-order valence-corrected chi connectivity index (χ1v) is 7.44. The second kappa shape index (κ2) is 12.2. The molecule has 2 N–H and O–H groups in total. The van der Waals surface area contributed by atoms with Crippen molar-refractivity contribution in [2.75, 3.05) is 6.61 Å². The lowest BCUT2D eigenvalue weighted by atomic mass is 9.82. The van der Waals surface area contributed by atoms with Gasteiger partial charge in [0.2, 0.25) is 0 Å². The summed E-state index contributed by atoms with van der Waals surface area (Å²) in [7, 11) is 0. The van der Waals surface area contributed by atoms with Crippen LogP contribution in [0.15, 0.2) is 36.0 Å². The van der Waals surface area contributed by atoms with Crippen LogP contribution in [0.1, 0.15) is 52.9 Å². The van der Waals surface area contributed by atoms with Gasteiger partial charge in [0.05, 0.1) is 6.10 Å². The zero-order valence-corrected chi connectivity index (χ0v) is 12.7. The van der Waals surface area contributed by atoms with E-state index in [-0.39, 0.29) is 6.10 Å². The van der Waals surface area contributed by atoms with Gasteiger partial charge < -0.3 is 10.2 Å². The van der Waals surface area contributed by atoms with Crippen molar-refractivity contribution in [3.63, 3.8) is 0 Å². The average Bonchev–Trinajstić information content (AvgIpc) is 2.45. The number of aliphatic hydroxyl groups excluding tert-OH is 2. The van der Waals surface area contributed by atoms with Crippen LogP contribution in [0.4, 0.5) is 0 Å². The van der Waals surface area contributed by atoms with Gasteiger partial charge in [-0.15, -0.1) is 0 Å². The van der Waals surface area contributed by atoms with E-state index >= 15 is 0 Å². The van der Waals surface area contributed by atoms with Crippen molar-refractivity contribution in [1.29, 1.82) is 0 Å². The largest absolute Gasteiger partial charge is 0.396 e. The van der Waals surface area contributed by atoms with Crippen molar-refractivity contribution in [2.24, 2.45) is 5.92 Å². The summed E-state index contributed by atoms with van der Waals surface area (Å²) in [5.74, 6) is 0.640. The first-order chi connectivity index (χ1) is 9.19. The van der Waals surface area contributed by atoms with Crippen LogP contribution in [0, 0.1) is 5.92 Å². The molecule has 2 nitrogen and oxygen atoms in total. The van der Waals surface area contributed by atoms with Crippen molar-refractivity contribution >= 4 is 0 Å². The second-order valence-electron chi connectivity index (χ2n) is 4.92. The third-order valence-electron chi connectivity index (χ3n) is 3.23. The smallest absolute Gasteiger partial charge is 0.0540 e. The summed E-state index contributed by atoms with van der Waals surface area (Å²) in [5, 5.41) is 17.3. The molecule has 0 unspecified atom stereocenters. The molecular formula is C17H30O2. The molecule has 0 aliphatic heterocycles. The molecule has 1 fully saturated rings. The van der Waals surface area contributed by atoms with Gasteiger partial charge in [0, 0.05) is 6.61 Å². The van der Waals surface area contributed by atoms with Crippen LogP contribution in [0.5, 0.6) is 0 Å². The molecule has 0 aromatic rings. The molecule has 1 aliphatic carbocycles. The molecule has 1 rings (SSSR count). The number of hydrogen-bond donors (Lipinski definition) is 2. The van der Waals surface area contributed by atoms with E-state index in [1.807, 2.05) is 13.8 Å². The van der Waals surface area contributed by atoms with E-state index in [1.165, 1.54) is 5.57 Å². The van der Waals surface area contributed by atoms with E-state index in [9.17, 15) is 5.11 Å². The predicted octanol–water partition coefficient (Wildman–Crippen LogP) is 4.00. The van der Waals surface area contributed by atoms with Crippen LogP contribution >= 0.6 is 0 Å². The fourth-order valence-electron chi connectivity index (χ4n) is 2.14. The van der Waals surface area contributed by atoms with Crippen LogP contribution in [0.25, 0.3) is 0 Å². The Morgan fingerprint density at radius 1 is 1.11 bits per heavy atom. The molecule has 0 heterocycles. The van der Waals surface area contributed by atoms with Crippen molar-refractivity contribution < 1.29 is 10.2 Å². The molecule has 0 atom stereocenters. The molecule has 0 saturated heterocycles. The first-order valence-electron chi connectivity index (χ1n) is 7.44. The summed E-state index contributed by atoms with van der Waals surface area (Å²) in [5.41, 5.74) is 1.41. The maximum atomic E-state index is 9.46. The van der Waals surface area contributed by atoms with Crippen molar-refractivity contribution in [3.05, 3.63) is 36.0 Å². The molecular weight excluding hydrogens is 236 g/mol. The zero-order valence-electron chi connectivity index (χ0n) is 12.7. The molecule has 1 saturated carbocycles. The Kier molecular flexibility index (Phi) is 11.6. The molecule has 0 radical (unpaired) electrons. The van der Waals surface area contributed by atoms with E-state index in [0.29, 0.717) is 12.5 Å². The molecule has 0 bridgehead atoms. The monoisotopic (exact) mass is 266 g/mol. The summed E-state index contributed by atoms with van der Waals surface area (Å²) in [6.45, 7) is 6.34. The van der Waals surface area contributed by atoms with Crippen LogP contribution in [-0.4, -0.2) is 22.9 Å². The molecule has 0 aromatic carbocycles. The van der Waals surface area contributed by atoms with Gasteiger partial charge in [-0.05, 0) is 57.4 Å². The number of aliphatic hydroxyl groups is 2. The molecule has 0 amide bonds. The third kappa shape index (κ3) is 8.79. The lowest BCUT2D eigenvalue weighted by Gasteiger charge is -2.26. The lowest BCUT2D eigenvalue weighted by Crippen LogP contribution is -2.19. The van der Waals surface area contributed by atoms with E-state index in [1.54, 1.807) is 0 Å². The topological polar surface area (TPSA) is 40.5 Å². The van der Waals surface area contributed by atoms with Crippen LogP contribution in [-0.2, 0) is 0 Å². The Morgan fingerprint density at radius 3 is 2.11 bits per heavy atom. The summed E-state index contributed by atoms with van der Waals surface area (Å²) < 4.78 is 0. The van der Waals surface area contributed by atoms with Crippen molar-refractivity contribution in [2.45, 2.75) is 59.0 Å². The Hall–Kier alpha value is -0.860. The summed E-state index contributed by atoms with van der Waals surface area (Å²) in [4.78, 5) is 0. The zero-order chi connectivity index (χ0) is 14.5. The average molecular weight is 266 g/mol. The van der Waals surface area contributed by atoms with E-state index < -0.39 is 0 Å². The minimum atomic E-state index is -0.0603. The Morgan fingerprint density at radius 2 is 1.68 bits per heavy atom. The highest BCUT2D eigenvalue weighted by atomic mass is 16.3. The standard InChI is InChI=1S/C14H22O.C3H8O/c1-3-5-7-12(6-4-2)13-8-10-14(15)11-9-13;1-2-3-4/h3-7,13-15H,8-11H2,1-2H3;4H,2-3H2,1H3/b5-3+,6-4-,12-7+;. The normalized spacial score (nSPS) is 24.6. The minimum Gasteiger partial charge on any atom is -0.396 e. The third-order valence-corrected chi connectivity index (χ3v) is 3.23. The highest BCUT2D eigenvalue weighted by Crippen LogP contribution is 2.30. The SMILES string of the molecule is CCCO.C\C=C/C(=C\C=C\C)C1CCC(O)CC1. The fourth-order valence-corrected chi connectivity index (χ4v) is 2.14. The van der Waals surface area contributed by atoms with Gasteiger partial charge >= 0.3 is 0 Å². The van der Waals surface area contributed by atoms with Gasteiger partial charge in [-0.3, -0.25) is 0 Å². The quantitative estimate of drug-likeness (QED) is 0.755. The Labute approximate surface area is 118 Å². The van der Waals surface area contributed by atoms with Gasteiger partial charge in [-0.25, -0.2) is 0 Å². The number of allylic oxidation sites excluding steroid dienone is 6. The van der Waals surface area contributed by atoms with Crippen molar-refractivity contribution in [3.8, 4) is 0 Å². The maximum absolute atomic E-state index is 9.46. The van der Waals surface area contributed by atoms with Crippen LogP contribution < -0.4 is 0 Å². The van der Waals surface area contributed by atoms with Gasteiger partial charge in [0.1, 0.15) is 0 Å². The highest BCUT2D eigenvalue weighted by molar-refractivity contribution is 5.26. The van der Waals surface area contributed by atoms with Gasteiger partial charge in [0.15, 0.2) is 0 Å².